The Morgan fingerprint density at radius 2 is 2.04 bits per heavy atom. The Balaban J connectivity index is 1.61. The maximum absolute atomic E-state index is 12.7. The molecule has 0 aliphatic carbocycles. The van der Waals surface area contributed by atoms with E-state index in [-0.39, 0.29) is 29.8 Å². The van der Waals surface area contributed by atoms with E-state index in [9.17, 15) is 9.59 Å². The number of rotatable bonds is 5. The molecule has 0 atom stereocenters. The highest BCUT2D eigenvalue weighted by Gasteiger charge is 2.20. The van der Waals surface area contributed by atoms with Gasteiger partial charge in [0.2, 0.25) is 5.82 Å². The highest BCUT2D eigenvalue weighted by Crippen LogP contribution is 2.20. The van der Waals surface area contributed by atoms with Crippen LogP contribution in [0.25, 0.3) is 22.2 Å². The molecular formula is C19H16N4O4S. The molecule has 0 spiro atoms. The number of hydrogen-bond acceptors (Lipinski definition) is 8. The average Bonchev–Trinajstić information content (AvgIpc) is 3.38. The topological polar surface area (TPSA) is 100 Å². The number of carbonyl (C=O) groups excluding carboxylic acids is 1. The van der Waals surface area contributed by atoms with Crippen LogP contribution in [-0.4, -0.2) is 25.9 Å². The molecule has 0 amide bonds. The molecule has 1 aromatic carbocycles. The Hall–Kier alpha value is -3.33. The van der Waals surface area contributed by atoms with Gasteiger partial charge in [-0.2, -0.15) is 21.4 Å². The summed E-state index contributed by atoms with van der Waals surface area (Å²) in [5, 5.41) is 12.8. The van der Waals surface area contributed by atoms with Gasteiger partial charge in [0.25, 0.3) is 11.4 Å². The Kier molecular flexibility index (Phi) is 4.74. The maximum atomic E-state index is 12.7. The second-order valence-corrected chi connectivity index (χ2v) is 7.12. The van der Waals surface area contributed by atoms with Gasteiger partial charge in [0.1, 0.15) is 0 Å². The maximum Gasteiger partial charge on any atom is 0.359 e. The molecule has 3 aromatic heterocycles. The Morgan fingerprint density at radius 1 is 1.25 bits per heavy atom. The summed E-state index contributed by atoms with van der Waals surface area (Å²) in [6.45, 7) is 3.46. The van der Waals surface area contributed by atoms with Gasteiger partial charge in [-0.25, -0.2) is 9.48 Å². The van der Waals surface area contributed by atoms with Gasteiger partial charge in [0, 0.05) is 16.3 Å². The van der Waals surface area contributed by atoms with E-state index in [1.165, 1.54) is 16.0 Å². The van der Waals surface area contributed by atoms with Gasteiger partial charge in [0.15, 0.2) is 12.3 Å². The summed E-state index contributed by atoms with van der Waals surface area (Å²) in [6.07, 6.45) is 0. The third kappa shape index (κ3) is 3.31. The quantitative estimate of drug-likeness (QED) is 0.476. The lowest BCUT2D eigenvalue weighted by molar-refractivity contribution is 0.0422. The Morgan fingerprint density at radius 3 is 2.75 bits per heavy atom. The van der Waals surface area contributed by atoms with E-state index in [1.807, 2.05) is 30.7 Å². The lowest BCUT2D eigenvalue weighted by Gasteiger charge is -2.12. The molecule has 9 heteroatoms. The van der Waals surface area contributed by atoms with Crippen molar-refractivity contribution in [3.8, 4) is 11.4 Å². The fourth-order valence-corrected chi connectivity index (χ4v) is 3.36. The fourth-order valence-electron chi connectivity index (χ4n) is 2.73. The van der Waals surface area contributed by atoms with Crippen LogP contribution in [0.3, 0.4) is 0 Å². The monoisotopic (exact) mass is 396 g/mol. The first-order chi connectivity index (χ1) is 13.5. The number of thiophene rings is 1. The minimum absolute atomic E-state index is 0.0708. The molecular weight excluding hydrogens is 380 g/mol. The van der Waals surface area contributed by atoms with Gasteiger partial charge in [-0.05, 0) is 31.4 Å². The molecule has 142 valence electrons. The van der Waals surface area contributed by atoms with Crippen LogP contribution in [0.1, 0.15) is 36.3 Å². The van der Waals surface area contributed by atoms with Gasteiger partial charge in [-0.15, -0.1) is 0 Å². The number of nitrogens with zero attached hydrogens (tertiary/aromatic N) is 4. The van der Waals surface area contributed by atoms with Crippen molar-refractivity contribution >= 4 is 28.1 Å². The summed E-state index contributed by atoms with van der Waals surface area (Å²) in [5.41, 5.74) is 0.656. The first-order valence-corrected chi connectivity index (χ1v) is 9.52. The number of fused-ring (bicyclic) bond motifs is 1. The molecule has 0 fully saturated rings. The lowest BCUT2D eigenvalue weighted by atomic mass is 10.1. The molecule has 3 heterocycles. The number of aromatic nitrogens is 4. The highest BCUT2D eigenvalue weighted by molar-refractivity contribution is 7.08. The number of ether oxygens (including phenoxy) is 1. The highest BCUT2D eigenvalue weighted by atomic mass is 32.1. The summed E-state index contributed by atoms with van der Waals surface area (Å²) >= 11 is 1.52. The van der Waals surface area contributed by atoms with Crippen molar-refractivity contribution in [3.05, 3.63) is 63.0 Å². The second-order valence-electron chi connectivity index (χ2n) is 6.34. The van der Waals surface area contributed by atoms with Crippen LogP contribution in [0, 0.1) is 0 Å². The molecule has 0 N–H and O–H groups in total. The van der Waals surface area contributed by atoms with Gasteiger partial charge < -0.3 is 9.26 Å². The van der Waals surface area contributed by atoms with E-state index in [4.69, 9.17) is 9.26 Å². The molecule has 28 heavy (non-hydrogen) atoms. The van der Waals surface area contributed by atoms with E-state index >= 15 is 0 Å². The van der Waals surface area contributed by atoms with E-state index in [0.29, 0.717) is 16.6 Å². The second kappa shape index (κ2) is 7.35. The van der Waals surface area contributed by atoms with E-state index in [2.05, 4.69) is 15.2 Å². The normalized spacial score (nSPS) is 11.2. The molecule has 0 unspecified atom stereocenters. The van der Waals surface area contributed by atoms with Crippen LogP contribution >= 0.6 is 11.3 Å². The summed E-state index contributed by atoms with van der Waals surface area (Å²) < 4.78 is 11.7. The summed E-state index contributed by atoms with van der Waals surface area (Å²) in [5.74, 6) is -0.0545. The molecule has 8 nitrogen and oxygen atoms in total. The number of hydrogen-bond donors (Lipinski definition) is 0. The molecule has 4 aromatic rings. The van der Waals surface area contributed by atoms with Gasteiger partial charge in [-0.3, -0.25) is 4.79 Å². The first-order valence-electron chi connectivity index (χ1n) is 8.58. The average molecular weight is 396 g/mol. The Labute approximate surface area is 163 Å². The van der Waals surface area contributed by atoms with Crippen molar-refractivity contribution in [1.82, 2.24) is 19.9 Å². The van der Waals surface area contributed by atoms with Crippen molar-refractivity contribution in [2.45, 2.75) is 26.5 Å². The van der Waals surface area contributed by atoms with Crippen molar-refractivity contribution in [2.75, 3.05) is 0 Å². The summed E-state index contributed by atoms with van der Waals surface area (Å²) in [4.78, 5) is 29.4. The predicted octanol–water partition coefficient (Wildman–Crippen LogP) is 3.45. The van der Waals surface area contributed by atoms with Gasteiger partial charge in [-0.1, -0.05) is 23.4 Å². The van der Waals surface area contributed by atoms with Crippen molar-refractivity contribution in [1.29, 1.82) is 0 Å². The predicted molar refractivity (Wildman–Crippen MR) is 103 cm³/mol. The van der Waals surface area contributed by atoms with E-state index in [1.54, 1.807) is 24.3 Å². The van der Waals surface area contributed by atoms with Crippen molar-refractivity contribution in [3.63, 3.8) is 0 Å². The van der Waals surface area contributed by atoms with Crippen LogP contribution in [-0.2, 0) is 11.3 Å². The summed E-state index contributed by atoms with van der Waals surface area (Å²) in [6, 6.07) is 8.50. The number of esters is 1. The van der Waals surface area contributed by atoms with Crippen LogP contribution in [0.4, 0.5) is 0 Å². The molecule has 4 rings (SSSR count). The minimum atomic E-state index is -0.666. The van der Waals surface area contributed by atoms with Crippen LogP contribution in [0.15, 0.2) is 50.4 Å². The molecule has 0 aliphatic rings. The molecule has 0 saturated heterocycles. The van der Waals surface area contributed by atoms with Crippen LogP contribution < -0.4 is 5.56 Å². The largest absolute Gasteiger partial charge is 0.451 e. The SMILES string of the molecule is CC(C)n1nc(C(=O)OCc2nc(-c3ccsc3)no2)c2ccccc2c1=O. The standard InChI is InChI=1S/C19H16N4O4S/c1-11(2)23-18(24)14-6-4-3-5-13(14)16(21-23)19(25)26-9-15-20-17(22-27-15)12-7-8-28-10-12/h3-8,10-11H,9H2,1-2H3. The van der Waals surface area contributed by atoms with Crippen molar-refractivity contribution < 1.29 is 14.1 Å². The lowest BCUT2D eigenvalue weighted by Crippen LogP contribution is -2.27. The molecule has 0 saturated carbocycles. The zero-order valence-corrected chi connectivity index (χ0v) is 16.0. The minimum Gasteiger partial charge on any atom is -0.451 e. The molecule has 0 aliphatic heterocycles. The summed E-state index contributed by atoms with van der Waals surface area (Å²) in [7, 11) is 0. The third-order valence-electron chi connectivity index (χ3n) is 4.09. The fraction of sp³-hybridized carbons (Fsp3) is 0.211. The van der Waals surface area contributed by atoms with E-state index in [0.717, 1.165) is 5.56 Å². The number of carbonyl (C=O) groups is 1. The van der Waals surface area contributed by atoms with E-state index < -0.39 is 5.97 Å². The van der Waals surface area contributed by atoms with Gasteiger partial charge in [0.05, 0.1) is 11.4 Å². The zero-order chi connectivity index (χ0) is 19.7. The number of benzene rings is 1. The Bertz CT molecular complexity index is 1190. The van der Waals surface area contributed by atoms with Gasteiger partial charge >= 0.3 is 5.97 Å². The van der Waals surface area contributed by atoms with Crippen LogP contribution in [0.2, 0.25) is 0 Å². The zero-order valence-electron chi connectivity index (χ0n) is 15.2. The van der Waals surface area contributed by atoms with Crippen molar-refractivity contribution in [2.24, 2.45) is 0 Å². The molecule has 0 radical (unpaired) electrons. The molecule has 0 bridgehead atoms. The first kappa shape index (κ1) is 18.1. The smallest absolute Gasteiger partial charge is 0.359 e. The third-order valence-corrected chi connectivity index (χ3v) is 4.77. The van der Waals surface area contributed by atoms with Crippen LogP contribution in [0.5, 0.6) is 0 Å².